The lowest BCUT2D eigenvalue weighted by molar-refractivity contribution is -0.170. The van der Waals surface area contributed by atoms with E-state index in [-0.39, 0.29) is 6.54 Å². The minimum absolute atomic E-state index is 0.0908. The van der Waals surface area contributed by atoms with Crippen molar-refractivity contribution in [3.8, 4) is 0 Å². The molecule has 0 spiro atoms. The van der Waals surface area contributed by atoms with E-state index >= 15 is 0 Å². The van der Waals surface area contributed by atoms with Gasteiger partial charge >= 0.3 is 12.3 Å². The summed E-state index contributed by atoms with van der Waals surface area (Å²) in [6.07, 6.45) is -4.07. The Morgan fingerprint density at radius 3 is 2.24 bits per heavy atom. The molecule has 0 bridgehead atoms. The number of alkyl halides is 4. The van der Waals surface area contributed by atoms with Crippen LogP contribution < -0.4 is 5.32 Å². The number of hydrogen-bond donors (Lipinski definition) is 2. The maximum atomic E-state index is 12.5. The van der Waals surface area contributed by atoms with Crippen LogP contribution in [-0.2, 0) is 4.79 Å². The summed E-state index contributed by atoms with van der Waals surface area (Å²) < 4.78 is 48.7. The third kappa shape index (κ3) is 5.31. The lowest BCUT2D eigenvalue weighted by Gasteiger charge is -2.27. The van der Waals surface area contributed by atoms with Crippen LogP contribution in [0.1, 0.15) is 6.92 Å². The summed E-state index contributed by atoms with van der Waals surface area (Å²) in [7, 11) is 3.26. The molecule has 0 saturated carbocycles. The second kappa shape index (κ2) is 5.63. The lowest BCUT2D eigenvalue weighted by atomic mass is 10.1. The topological polar surface area (TPSA) is 52.6 Å². The van der Waals surface area contributed by atoms with Gasteiger partial charge in [0.2, 0.25) is 0 Å². The van der Waals surface area contributed by atoms with E-state index < -0.39 is 30.4 Å². The number of hydrogen-bond acceptors (Lipinski definition) is 3. The number of carbonyl (C=O) groups is 1. The second-order valence-electron chi connectivity index (χ2n) is 4.34. The van der Waals surface area contributed by atoms with Gasteiger partial charge in [0, 0.05) is 13.1 Å². The van der Waals surface area contributed by atoms with Crippen LogP contribution in [0.3, 0.4) is 0 Å². The fraction of sp³-hybridized carbons (Fsp3) is 0.889. The highest BCUT2D eigenvalue weighted by Gasteiger charge is 2.49. The first-order chi connectivity index (χ1) is 7.49. The Hall–Kier alpha value is -0.890. The van der Waals surface area contributed by atoms with Gasteiger partial charge in [-0.05, 0) is 21.0 Å². The summed E-state index contributed by atoms with van der Waals surface area (Å²) in [5.41, 5.74) is -1.47. The van der Waals surface area contributed by atoms with Gasteiger partial charge in [-0.25, -0.2) is 8.78 Å². The number of aliphatic hydroxyl groups is 1. The molecule has 0 saturated heterocycles. The average Bonchev–Trinajstić information content (AvgIpc) is 2.11. The summed E-state index contributed by atoms with van der Waals surface area (Å²) in [5.74, 6) is -6.83. The fourth-order valence-corrected chi connectivity index (χ4v) is 1.22. The fourth-order valence-electron chi connectivity index (χ4n) is 1.22. The molecule has 0 aliphatic heterocycles. The highest BCUT2D eigenvalue weighted by Crippen LogP contribution is 2.22. The average molecular weight is 260 g/mol. The van der Waals surface area contributed by atoms with Crippen molar-refractivity contribution in [2.75, 3.05) is 27.2 Å². The van der Waals surface area contributed by atoms with Crippen molar-refractivity contribution in [2.45, 2.75) is 24.9 Å². The van der Waals surface area contributed by atoms with E-state index in [2.05, 4.69) is 0 Å². The SMILES string of the molecule is CN(C)CC(C)(O)CNC(=O)C(F)(F)C(F)F. The predicted molar refractivity (Wildman–Crippen MR) is 53.1 cm³/mol. The molecule has 1 amide bonds. The van der Waals surface area contributed by atoms with Crippen LogP contribution in [0.25, 0.3) is 0 Å². The molecule has 0 heterocycles. The molecule has 0 aliphatic rings. The molecule has 0 aliphatic carbocycles. The quantitative estimate of drug-likeness (QED) is 0.676. The zero-order valence-corrected chi connectivity index (χ0v) is 9.81. The molecule has 1 atom stereocenters. The summed E-state index contributed by atoms with van der Waals surface area (Å²) in [4.78, 5) is 12.3. The number of likely N-dealkylation sites (N-methyl/N-ethyl adjacent to an activating group) is 1. The van der Waals surface area contributed by atoms with Crippen molar-refractivity contribution in [3.05, 3.63) is 0 Å². The van der Waals surface area contributed by atoms with Gasteiger partial charge in [-0.1, -0.05) is 0 Å². The monoisotopic (exact) mass is 260 g/mol. The van der Waals surface area contributed by atoms with Gasteiger partial charge in [-0.15, -0.1) is 0 Å². The van der Waals surface area contributed by atoms with E-state index in [1.54, 1.807) is 24.3 Å². The Morgan fingerprint density at radius 2 is 1.88 bits per heavy atom. The van der Waals surface area contributed by atoms with Crippen molar-refractivity contribution in [2.24, 2.45) is 0 Å². The molecule has 0 aromatic rings. The first kappa shape index (κ1) is 16.1. The van der Waals surface area contributed by atoms with Crippen molar-refractivity contribution in [1.82, 2.24) is 10.2 Å². The molecule has 0 aromatic heterocycles. The lowest BCUT2D eigenvalue weighted by Crippen LogP contribution is -2.52. The minimum Gasteiger partial charge on any atom is -0.387 e. The number of nitrogens with one attached hydrogen (secondary N) is 1. The van der Waals surface area contributed by atoms with Gasteiger partial charge in [0.1, 0.15) is 0 Å². The van der Waals surface area contributed by atoms with Crippen molar-refractivity contribution < 1.29 is 27.5 Å². The van der Waals surface area contributed by atoms with Gasteiger partial charge < -0.3 is 15.3 Å². The van der Waals surface area contributed by atoms with E-state index in [1.807, 2.05) is 0 Å². The number of nitrogens with zero attached hydrogens (tertiary/aromatic N) is 1. The molecule has 2 N–H and O–H groups in total. The summed E-state index contributed by atoms with van der Waals surface area (Å²) in [6.45, 7) is 0.855. The van der Waals surface area contributed by atoms with Crippen LogP contribution in [0, 0.1) is 0 Å². The molecular weight excluding hydrogens is 244 g/mol. The molecule has 0 rings (SSSR count). The van der Waals surface area contributed by atoms with Crippen LogP contribution >= 0.6 is 0 Å². The Bertz CT molecular complexity index is 270. The first-order valence-corrected chi connectivity index (χ1v) is 4.80. The van der Waals surface area contributed by atoms with Gasteiger partial charge in [0.15, 0.2) is 0 Å². The smallest absolute Gasteiger partial charge is 0.383 e. The van der Waals surface area contributed by atoms with Crippen LogP contribution in [0.15, 0.2) is 0 Å². The van der Waals surface area contributed by atoms with E-state index in [0.29, 0.717) is 0 Å². The highest BCUT2D eigenvalue weighted by molar-refractivity contribution is 5.83. The van der Waals surface area contributed by atoms with Gasteiger partial charge in [0.05, 0.1) is 5.60 Å². The third-order valence-electron chi connectivity index (χ3n) is 1.86. The summed E-state index contributed by atoms with van der Waals surface area (Å²) in [5, 5.41) is 11.3. The number of carbonyl (C=O) groups excluding carboxylic acids is 1. The molecule has 0 fully saturated rings. The molecule has 102 valence electrons. The Kier molecular flexibility index (Phi) is 5.34. The van der Waals surface area contributed by atoms with E-state index in [4.69, 9.17) is 0 Å². The zero-order valence-electron chi connectivity index (χ0n) is 9.81. The summed E-state index contributed by atoms with van der Waals surface area (Å²) >= 11 is 0. The maximum Gasteiger partial charge on any atom is 0.383 e. The van der Waals surface area contributed by atoms with Crippen molar-refractivity contribution in [3.63, 3.8) is 0 Å². The normalized spacial score (nSPS) is 16.1. The molecule has 17 heavy (non-hydrogen) atoms. The van der Waals surface area contributed by atoms with Crippen LogP contribution in [0.4, 0.5) is 17.6 Å². The standard InChI is InChI=1S/C9H16F4N2O2/c1-8(17,5-15(2)3)4-14-7(16)9(12,13)6(10)11/h6,17H,4-5H2,1-3H3,(H,14,16). The largest absolute Gasteiger partial charge is 0.387 e. The van der Waals surface area contributed by atoms with E-state index in [9.17, 15) is 27.5 Å². The molecule has 1 unspecified atom stereocenters. The second-order valence-corrected chi connectivity index (χ2v) is 4.34. The summed E-state index contributed by atoms with van der Waals surface area (Å²) in [6, 6.07) is 0. The highest BCUT2D eigenvalue weighted by atomic mass is 19.3. The third-order valence-corrected chi connectivity index (χ3v) is 1.86. The molecule has 8 heteroatoms. The predicted octanol–water partition coefficient (Wildman–Crippen LogP) is 0.316. The van der Waals surface area contributed by atoms with Crippen LogP contribution in [0.5, 0.6) is 0 Å². The molecule has 0 aromatic carbocycles. The van der Waals surface area contributed by atoms with Gasteiger partial charge in [-0.2, -0.15) is 8.78 Å². The molecule has 0 radical (unpaired) electrons. The zero-order chi connectivity index (χ0) is 13.9. The maximum absolute atomic E-state index is 12.5. The van der Waals surface area contributed by atoms with Crippen LogP contribution in [0.2, 0.25) is 0 Å². The molecular formula is C9H16F4N2O2. The van der Waals surface area contributed by atoms with Crippen molar-refractivity contribution in [1.29, 1.82) is 0 Å². The van der Waals surface area contributed by atoms with Crippen LogP contribution in [-0.4, -0.2) is 61.0 Å². The van der Waals surface area contributed by atoms with E-state index in [1.165, 1.54) is 6.92 Å². The first-order valence-electron chi connectivity index (χ1n) is 4.80. The Labute approximate surface area is 96.6 Å². The van der Waals surface area contributed by atoms with Gasteiger partial charge in [-0.3, -0.25) is 4.79 Å². The minimum atomic E-state index is -4.74. The number of amides is 1. The molecule has 4 nitrogen and oxygen atoms in total. The number of rotatable bonds is 6. The Morgan fingerprint density at radius 1 is 1.41 bits per heavy atom. The van der Waals surface area contributed by atoms with Crippen molar-refractivity contribution >= 4 is 5.91 Å². The Balaban J connectivity index is 4.34. The van der Waals surface area contributed by atoms with Gasteiger partial charge in [0.25, 0.3) is 5.91 Å². The van der Waals surface area contributed by atoms with E-state index in [0.717, 1.165) is 0 Å². The number of halogens is 4.